The van der Waals surface area contributed by atoms with E-state index in [1.165, 1.54) is 6.07 Å². The van der Waals surface area contributed by atoms with Gasteiger partial charge in [0.1, 0.15) is 11.9 Å². The number of nitrogens with two attached hydrogens (primary N) is 1. The summed E-state index contributed by atoms with van der Waals surface area (Å²) < 4.78 is 14.3. The number of hydrazone groups is 1. The number of anilines is 1. The SMILES string of the molecule is Cc1c(F)cc(Br)c(N/N=C(\C#N)C(=N)N)c1Br. The Morgan fingerprint density at radius 1 is 1.61 bits per heavy atom. The summed E-state index contributed by atoms with van der Waals surface area (Å²) >= 11 is 6.39. The summed E-state index contributed by atoms with van der Waals surface area (Å²) in [5, 5.41) is 19.5. The van der Waals surface area contributed by atoms with Crippen LogP contribution in [0.2, 0.25) is 0 Å². The van der Waals surface area contributed by atoms with Gasteiger partial charge in [-0.15, -0.1) is 0 Å². The van der Waals surface area contributed by atoms with E-state index < -0.39 is 5.84 Å². The average molecular weight is 377 g/mol. The molecule has 1 aromatic rings. The third-order valence-electron chi connectivity index (χ3n) is 2.04. The number of nitriles is 1. The van der Waals surface area contributed by atoms with E-state index in [-0.39, 0.29) is 11.5 Å². The van der Waals surface area contributed by atoms with Crippen molar-refractivity contribution in [2.45, 2.75) is 6.92 Å². The van der Waals surface area contributed by atoms with Crippen LogP contribution in [-0.2, 0) is 0 Å². The fraction of sp³-hybridized carbons (Fsp3) is 0.100. The molecule has 0 bridgehead atoms. The molecule has 0 heterocycles. The maximum atomic E-state index is 13.4. The molecule has 0 saturated carbocycles. The molecule has 4 N–H and O–H groups in total. The normalized spacial score (nSPS) is 10.9. The summed E-state index contributed by atoms with van der Waals surface area (Å²) in [6.45, 7) is 1.59. The fourth-order valence-corrected chi connectivity index (χ4v) is 2.29. The van der Waals surface area contributed by atoms with Gasteiger partial charge in [0.15, 0.2) is 5.84 Å². The van der Waals surface area contributed by atoms with Crippen LogP contribution in [-0.4, -0.2) is 11.5 Å². The van der Waals surface area contributed by atoms with Gasteiger partial charge in [0, 0.05) is 14.5 Å². The van der Waals surface area contributed by atoms with Gasteiger partial charge in [0.2, 0.25) is 5.71 Å². The Bertz CT molecular complexity index is 577. The zero-order valence-corrected chi connectivity index (χ0v) is 12.4. The van der Waals surface area contributed by atoms with Crippen LogP contribution in [0.4, 0.5) is 10.1 Å². The fourth-order valence-electron chi connectivity index (χ4n) is 1.05. The quantitative estimate of drug-likeness (QED) is 0.429. The minimum absolute atomic E-state index is 0.254. The van der Waals surface area contributed by atoms with Crippen LogP contribution in [0.1, 0.15) is 5.56 Å². The molecule has 94 valence electrons. The first-order valence-corrected chi connectivity index (χ1v) is 6.19. The van der Waals surface area contributed by atoms with E-state index in [0.717, 1.165) is 0 Å². The molecule has 0 saturated heterocycles. The van der Waals surface area contributed by atoms with Crippen molar-refractivity contribution in [1.29, 1.82) is 10.7 Å². The predicted octanol–water partition coefficient (Wildman–Crippen LogP) is 2.89. The van der Waals surface area contributed by atoms with Crippen molar-refractivity contribution in [3.8, 4) is 6.07 Å². The lowest BCUT2D eigenvalue weighted by Crippen LogP contribution is -2.22. The first-order valence-electron chi connectivity index (χ1n) is 4.60. The summed E-state index contributed by atoms with van der Waals surface area (Å²) in [5.74, 6) is -0.827. The van der Waals surface area contributed by atoms with E-state index in [0.29, 0.717) is 20.2 Å². The minimum Gasteiger partial charge on any atom is -0.382 e. The largest absolute Gasteiger partial charge is 0.382 e. The Labute approximate surface area is 120 Å². The lowest BCUT2D eigenvalue weighted by Gasteiger charge is -2.10. The Balaban J connectivity index is 3.18. The highest BCUT2D eigenvalue weighted by Crippen LogP contribution is 2.35. The van der Waals surface area contributed by atoms with E-state index in [9.17, 15) is 4.39 Å². The van der Waals surface area contributed by atoms with Gasteiger partial charge in [-0.2, -0.15) is 10.4 Å². The van der Waals surface area contributed by atoms with E-state index in [1.54, 1.807) is 13.0 Å². The minimum atomic E-state index is -0.448. The van der Waals surface area contributed by atoms with Crippen LogP contribution in [0.25, 0.3) is 0 Å². The summed E-state index contributed by atoms with van der Waals surface area (Å²) in [5.41, 5.74) is 8.31. The van der Waals surface area contributed by atoms with E-state index in [2.05, 4.69) is 42.4 Å². The smallest absolute Gasteiger partial charge is 0.201 e. The van der Waals surface area contributed by atoms with Gasteiger partial charge in [-0.25, -0.2) is 4.39 Å². The Morgan fingerprint density at radius 3 is 2.72 bits per heavy atom. The Hall–Kier alpha value is -1.46. The predicted molar refractivity (Wildman–Crippen MR) is 75.1 cm³/mol. The van der Waals surface area contributed by atoms with Gasteiger partial charge >= 0.3 is 0 Å². The number of benzene rings is 1. The standard InChI is InChI=1S/C10H8Br2FN5/c1-4-6(13)2-5(11)9(8(4)12)18-17-7(3-14)10(15)16/h2,18H,1H3,(H3,15,16)/b17-7+. The maximum Gasteiger partial charge on any atom is 0.201 e. The first-order chi connectivity index (χ1) is 8.38. The van der Waals surface area contributed by atoms with E-state index in [1.807, 2.05) is 0 Å². The monoisotopic (exact) mass is 375 g/mol. The zero-order chi connectivity index (χ0) is 13.9. The van der Waals surface area contributed by atoms with E-state index in [4.69, 9.17) is 16.4 Å². The number of rotatable bonds is 3. The van der Waals surface area contributed by atoms with Crippen molar-refractivity contribution in [1.82, 2.24) is 0 Å². The molecule has 0 aliphatic rings. The summed E-state index contributed by atoms with van der Waals surface area (Å²) in [4.78, 5) is 0. The van der Waals surface area contributed by atoms with Gasteiger partial charge in [-0.05, 0) is 44.8 Å². The maximum absolute atomic E-state index is 13.4. The highest BCUT2D eigenvalue weighted by atomic mass is 79.9. The second-order valence-corrected chi connectivity index (χ2v) is 4.90. The molecule has 0 atom stereocenters. The molecule has 0 fully saturated rings. The van der Waals surface area contributed by atoms with Gasteiger partial charge in [0.05, 0.1) is 5.69 Å². The van der Waals surface area contributed by atoms with Crippen molar-refractivity contribution in [2.24, 2.45) is 10.8 Å². The van der Waals surface area contributed by atoms with Crippen molar-refractivity contribution in [2.75, 3.05) is 5.43 Å². The highest BCUT2D eigenvalue weighted by Gasteiger charge is 2.12. The van der Waals surface area contributed by atoms with Crippen LogP contribution in [0.3, 0.4) is 0 Å². The van der Waals surface area contributed by atoms with Crippen molar-refractivity contribution >= 4 is 49.1 Å². The molecule has 0 radical (unpaired) electrons. The summed E-state index contributed by atoms with van der Waals surface area (Å²) in [6.07, 6.45) is 0. The third kappa shape index (κ3) is 3.05. The molecule has 5 nitrogen and oxygen atoms in total. The second-order valence-electron chi connectivity index (χ2n) is 3.25. The molecule has 0 amide bonds. The lowest BCUT2D eigenvalue weighted by molar-refractivity contribution is 0.616. The zero-order valence-electron chi connectivity index (χ0n) is 9.18. The molecule has 18 heavy (non-hydrogen) atoms. The molecule has 0 aliphatic carbocycles. The number of nitrogens with one attached hydrogen (secondary N) is 2. The summed E-state index contributed by atoms with van der Waals surface area (Å²) in [6, 6.07) is 2.95. The van der Waals surface area contributed by atoms with Crippen LogP contribution >= 0.6 is 31.9 Å². The Morgan fingerprint density at radius 2 is 2.22 bits per heavy atom. The summed E-state index contributed by atoms with van der Waals surface area (Å²) in [7, 11) is 0. The first kappa shape index (κ1) is 14.6. The number of hydrogen-bond donors (Lipinski definition) is 3. The number of amidine groups is 1. The molecule has 0 aliphatic heterocycles. The molecule has 1 rings (SSSR count). The number of nitrogens with zero attached hydrogens (tertiary/aromatic N) is 2. The Kier molecular flexibility index (Phi) is 4.81. The average Bonchev–Trinajstić information content (AvgIpc) is 2.30. The third-order valence-corrected chi connectivity index (χ3v) is 3.66. The van der Waals surface area contributed by atoms with Crippen molar-refractivity contribution < 1.29 is 4.39 Å². The molecule has 1 aromatic carbocycles. The number of hydrogen-bond acceptors (Lipinski definition) is 4. The van der Waals surface area contributed by atoms with Crippen LogP contribution in [0, 0.1) is 29.5 Å². The molecule has 8 heteroatoms. The van der Waals surface area contributed by atoms with Crippen LogP contribution < -0.4 is 11.2 Å². The van der Waals surface area contributed by atoms with Crippen LogP contribution in [0.15, 0.2) is 20.1 Å². The van der Waals surface area contributed by atoms with Crippen molar-refractivity contribution in [3.05, 3.63) is 26.4 Å². The van der Waals surface area contributed by atoms with Gasteiger partial charge in [0.25, 0.3) is 0 Å². The van der Waals surface area contributed by atoms with Gasteiger partial charge in [-0.3, -0.25) is 10.8 Å². The van der Waals surface area contributed by atoms with Crippen molar-refractivity contribution in [3.63, 3.8) is 0 Å². The molecule has 0 spiro atoms. The lowest BCUT2D eigenvalue weighted by atomic mass is 10.2. The molecular formula is C10H8Br2FN5. The molecule has 0 aromatic heterocycles. The highest BCUT2D eigenvalue weighted by molar-refractivity contribution is 9.11. The van der Waals surface area contributed by atoms with Gasteiger partial charge < -0.3 is 5.73 Å². The number of halogens is 3. The van der Waals surface area contributed by atoms with E-state index >= 15 is 0 Å². The topological polar surface area (TPSA) is 98.0 Å². The van der Waals surface area contributed by atoms with Gasteiger partial charge in [-0.1, -0.05) is 0 Å². The molecule has 0 unspecified atom stereocenters. The van der Waals surface area contributed by atoms with Crippen LogP contribution in [0.5, 0.6) is 0 Å². The second kappa shape index (κ2) is 5.93. The molecular weight excluding hydrogens is 369 g/mol.